The number of benzene rings is 1. The largest absolute Gasteiger partial charge is 0.391 e. The van der Waals surface area contributed by atoms with Crippen molar-refractivity contribution in [3.63, 3.8) is 0 Å². The molecule has 1 aromatic heterocycles. The van der Waals surface area contributed by atoms with E-state index in [2.05, 4.69) is 5.16 Å². The molecule has 0 spiro atoms. The van der Waals surface area contributed by atoms with Gasteiger partial charge in [0.1, 0.15) is 0 Å². The first-order valence-electron chi connectivity index (χ1n) is 9.54. The number of aryl methyl sites for hydroxylation is 1. The lowest BCUT2D eigenvalue weighted by Crippen LogP contribution is -2.42. The minimum atomic E-state index is -0.434. The number of rotatable bonds is 6. The Morgan fingerprint density at radius 2 is 2.04 bits per heavy atom. The normalized spacial score (nSPS) is 17.1. The van der Waals surface area contributed by atoms with Gasteiger partial charge in [-0.3, -0.25) is 9.59 Å². The number of carbonyl (C=O) groups excluding carboxylic acids is 2. The van der Waals surface area contributed by atoms with Crippen LogP contribution in [-0.2, 0) is 12.8 Å². The molecular formula is C21H26N2O4. The second-order valence-electron chi connectivity index (χ2n) is 7.15. The van der Waals surface area contributed by atoms with Gasteiger partial charge in [-0.1, -0.05) is 30.6 Å². The van der Waals surface area contributed by atoms with E-state index in [0.717, 1.165) is 30.5 Å². The van der Waals surface area contributed by atoms with Crippen molar-refractivity contribution in [2.75, 3.05) is 13.1 Å². The van der Waals surface area contributed by atoms with E-state index in [9.17, 15) is 14.7 Å². The first-order valence-corrected chi connectivity index (χ1v) is 9.54. The van der Waals surface area contributed by atoms with Gasteiger partial charge in [-0.05, 0) is 43.9 Å². The number of β-amino-alcohol motifs (C(OH)–C–C–N with tert-alkyl or cyclic N) is 1. The number of aromatic nitrogens is 1. The van der Waals surface area contributed by atoms with Crippen molar-refractivity contribution < 1.29 is 19.2 Å². The topological polar surface area (TPSA) is 83.6 Å². The molecule has 1 saturated heterocycles. The molecule has 1 aliphatic heterocycles. The number of amides is 1. The van der Waals surface area contributed by atoms with Gasteiger partial charge >= 0.3 is 0 Å². The lowest BCUT2D eigenvalue weighted by molar-refractivity contribution is 0.0473. The number of carbonyl (C=O) groups is 2. The molecule has 1 aliphatic rings. The summed E-state index contributed by atoms with van der Waals surface area (Å²) in [4.78, 5) is 26.3. The van der Waals surface area contributed by atoms with E-state index in [1.807, 2.05) is 19.1 Å². The standard InChI is InChI=1S/C21H26N2O4/c1-3-5-18-20(14(2)24)19(27-22-18)12-15-7-9-16(10-8-15)21(26)23-11-4-6-17(25)13-23/h7-10,17,25H,3-6,11-13H2,1-2H3/t17-/m1/s1. The van der Waals surface area contributed by atoms with Gasteiger partial charge in [0.2, 0.25) is 0 Å². The fourth-order valence-corrected chi connectivity index (χ4v) is 3.56. The third-order valence-electron chi connectivity index (χ3n) is 4.92. The van der Waals surface area contributed by atoms with Crippen LogP contribution in [0.3, 0.4) is 0 Å². The van der Waals surface area contributed by atoms with Crippen LogP contribution >= 0.6 is 0 Å². The Bertz CT molecular complexity index is 810. The average molecular weight is 370 g/mol. The van der Waals surface area contributed by atoms with Gasteiger partial charge in [-0.25, -0.2) is 0 Å². The van der Waals surface area contributed by atoms with E-state index in [0.29, 0.717) is 42.8 Å². The summed E-state index contributed by atoms with van der Waals surface area (Å²) in [5, 5.41) is 13.8. The van der Waals surface area contributed by atoms with Crippen molar-refractivity contribution in [3.8, 4) is 0 Å². The van der Waals surface area contributed by atoms with Gasteiger partial charge in [-0.2, -0.15) is 0 Å². The van der Waals surface area contributed by atoms with Crippen LogP contribution in [0.5, 0.6) is 0 Å². The summed E-state index contributed by atoms with van der Waals surface area (Å²) in [5.74, 6) is 0.476. The first kappa shape index (κ1) is 19.3. The van der Waals surface area contributed by atoms with Gasteiger partial charge in [0.05, 0.1) is 17.4 Å². The summed E-state index contributed by atoms with van der Waals surface area (Å²) >= 11 is 0. The summed E-state index contributed by atoms with van der Waals surface area (Å²) in [7, 11) is 0. The second-order valence-corrected chi connectivity index (χ2v) is 7.15. The maximum Gasteiger partial charge on any atom is 0.253 e. The van der Waals surface area contributed by atoms with E-state index in [1.165, 1.54) is 6.92 Å². The Hall–Kier alpha value is -2.47. The predicted octanol–water partition coefficient (Wildman–Crippen LogP) is 3.02. The van der Waals surface area contributed by atoms with Crippen molar-refractivity contribution in [1.29, 1.82) is 0 Å². The van der Waals surface area contributed by atoms with Crippen LogP contribution in [0.2, 0.25) is 0 Å². The molecule has 6 heteroatoms. The number of hydrogen-bond acceptors (Lipinski definition) is 5. The van der Waals surface area contributed by atoms with Crippen LogP contribution < -0.4 is 0 Å². The molecule has 1 atom stereocenters. The maximum atomic E-state index is 12.6. The van der Waals surface area contributed by atoms with Gasteiger partial charge in [0.25, 0.3) is 5.91 Å². The lowest BCUT2D eigenvalue weighted by atomic mass is 10.0. The zero-order valence-electron chi connectivity index (χ0n) is 15.9. The van der Waals surface area contributed by atoms with Crippen LogP contribution in [-0.4, -0.2) is 46.0 Å². The van der Waals surface area contributed by atoms with Gasteiger partial charge in [0, 0.05) is 25.1 Å². The summed E-state index contributed by atoms with van der Waals surface area (Å²) < 4.78 is 5.42. The third-order valence-corrected chi connectivity index (χ3v) is 4.92. The Labute approximate surface area is 159 Å². The van der Waals surface area contributed by atoms with E-state index < -0.39 is 6.10 Å². The van der Waals surface area contributed by atoms with Crippen LogP contribution in [0.1, 0.15) is 70.8 Å². The number of hydrogen-bond donors (Lipinski definition) is 1. The van der Waals surface area contributed by atoms with Gasteiger partial charge in [-0.15, -0.1) is 0 Å². The number of nitrogens with zero attached hydrogens (tertiary/aromatic N) is 2. The van der Waals surface area contributed by atoms with Crippen molar-refractivity contribution in [1.82, 2.24) is 10.1 Å². The van der Waals surface area contributed by atoms with E-state index in [1.54, 1.807) is 17.0 Å². The highest BCUT2D eigenvalue weighted by atomic mass is 16.5. The van der Waals surface area contributed by atoms with Crippen molar-refractivity contribution >= 4 is 11.7 Å². The highest BCUT2D eigenvalue weighted by Gasteiger charge is 2.23. The smallest absolute Gasteiger partial charge is 0.253 e. The molecule has 6 nitrogen and oxygen atoms in total. The molecular weight excluding hydrogens is 344 g/mol. The molecule has 0 unspecified atom stereocenters. The number of aliphatic hydroxyl groups is 1. The van der Waals surface area contributed by atoms with E-state index in [-0.39, 0.29) is 11.7 Å². The number of piperidine rings is 1. The van der Waals surface area contributed by atoms with Crippen LogP contribution in [0.25, 0.3) is 0 Å². The molecule has 144 valence electrons. The lowest BCUT2D eigenvalue weighted by Gasteiger charge is -2.30. The fourth-order valence-electron chi connectivity index (χ4n) is 3.56. The highest BCUT2D eigenvalue weighted by Crippen LogP contribution is 2.21. The molecule has 27 heavy (non-hydrogen) atoms. The molecule has 1 aromatic carbocycles. The molecule has 1 N–H and O–H groups in total. The number of Topliss-reactive ketones (excluding diaryl/α,β-unsaturated/α-hetero) is 1. The minimum Gasteiger partial charge on any atom is -0.391 e. The Kier molecular flexibility index (Phi) is 6.06. The second kappa shape index (κ2) is 8.48. The summed E-state index contributed by atoms with van der Waals surface area (Å²) in [6.45, 7) is 4.64. The Morgan fingerprint density at radius 1 is 1.30 bits per heavy atom. The molecule has 2 heterocycles. The number of aliphatic hydroxyl groups excluding tert-OH is 1. The van der Waals surface area contributed by atoms with Crippen molar-refractivity contribution in [2.24, 2.45) is 0 Å². The number of likely N-dealkylation sites (tertiary alicyclic amines) is 1. The summed E-state index contributed by atoms with van der Waals surface area (Å²) in [6.07, 6.45) is 3.21. The van der Waals surface area contributed by atoms with Crippen molar-refractivity contribution in [2.45, 2.75) is 52.1 Å². The molecule has 0 aliphatic carbocycles. The fraction of sp³-hybridized carbons (Fsp3) is 0.476. The van der Waals surface area contributed by atoms with E-state index >= 15 is 0 Å². The molecule has 1 fully saturated rings. The zero-order valence-corrected chi connectivity index (χ0v) is 15.9. The number of ketones is 1. The first-order chi connectivity index (χ1) is 13.0. The Morgan fingerprint density at radius 3 is 2.67 bits per heavy atom. The zero-order chi connectivity index (χ0) is 19.4. The SMILES string of the molecule is CCCc1noc(Cc2ccc(C(=O)N3CCC[C@@H](O)C3)cc2)c1C(C)=O. The third kappa shape index (κ3) is 4.45. The van der Waals surface area contributed by atoms with Gasteiger partial charge < -0.3 is 14.5 Å². The average Bonchev–Trinajstić information content (AvgIpc) is 3.04. The monoisotopic (exact) mass is 370 g/mol. The molecule has 0 radical (unpaired) electrons. The summed E-state index contributed by atoms with van der Waals surface area (Å²) in [6, 6.07) is 7.32. The Balaban J connectivity index is 1.73. The van der Waals surface area contributed by atoms with E-state index in [4.69, 9.17) is 4.52 Å². The van der Waals surface area contributed by atoms with Crippen LogP contribution in [0, 0.1) is 0 Å². The highest BCUT2D eigenvalue weighted by molar-refractivity contribution is 5.96. The molecule has 1 amide bonds. The molecule has 3 rings (SSSR count). The molecule has 2 aromatic rings. The van der Waals surface area contributed by atoms with Crippen LogP contribution in [0.15, 0.2) is 28.8 Å². The predicted molar refractivity (Wildman–Crippen MR) is 101 cm³/mol. The van der Waals surface area contributed by atoms with Crippen molar-refractivity contribution in [3.05, 3.63) is 52.4 Å². The minimum absolute atomic E-state index is 0.0369. The molecule has 0 saturated carbocycles. The van der Waals surface area contributed by atoms with Gasteiger partial charge in [0.15, 0.2) is 11.5 Å². The summed E-state index contributed by atoms with van der Waals surface area (Å²) in [5.41, 5.74) is 2.85. The quantitative estimate of drug-likeness (QED) is 0.790. The maximum absolute atomic E-state index is 12.6. The molecule has 0 bridgehead atoms. The van der Waals surface area contributed by atoms with Crippen LogP contribution in [0.4, 0.5) is 0 Å².